The quantitative estimate of drug-likeness (QED) is 0.302. The van der Waals surface area contributed by atoms with Gasteiger partial charge in [0.05, 0.1) is 13.2 Å². The van der Waals surface area contributed by atoms with Crippen LogP contribution in [-0.4, -0.2) is 74.9 Å². The van der Waals surface area contributed by atoms with E-state index in [9.17, 15) is 24.2 Å². The zero-order chi connectivity index (χ0) is 19.3. The highest BCUT2D eigenvalue weighted by Gasteiger charge is 2.46. The predicted molar refractivity (Wildman–Crippen MR) is 84.2 cm³/mol. The molecule has 4 rings (SSSR count). The van der Waals surface area contributed by atoms with Crippen LogP contribution in [0.4, 0.5) is 10.3 Å². The number of nitrogens with zero attached hydrogens (tertiary/aromatic N) is 6. The van der Waals surface area contributed by atoms with E-state index in [4.69, 9.17) is 10.5 Å². The second-order valence-electron chi connectivity index (χ2n) is 5.87. The van der Waals surface area contributed by atoms with Gasteiger partial charge in [-0.3, -0.25) is 14.3 Å². The number of nitrogens with one attached hydrogen (secondary N) is 2. The van der Waals surface area contributed by atoms with Crippen LogP contribution in [0.15, 0.2) is 9.59 Å². The van der Waals surface area contributed by atoms with E-state index in [-0.39, 0.29) is 29.5 Å². The van der Waals surface area contributed by atoms with Crippen LogP contribution in [0.1, 0.15) is 12.1 Å². The maximum Gasteiger partial charge on any atom is 0.333 e. The summed E-state index contributed by atoms with van der Waals surface area (Å²) in [5.41, 5.74) is 3.56. The zero-order valence-electron chi connectivity index (χ0n) is 13.5. The van der Waals surface area contributed by atoms with Crippen LogP contribution in [0, 0.1) is 0 Å². The number of alkyl halides is 1. The van der Waals surface area contributed by atoms with Gasteiger partial charge in [0.15, 0.2) is 29.4 Å². The lowest BCUT2D eigenvalue weighted by Crippen LogP contribution is -2.34. The molecular formula is C12H14FN9O5. The van der Waals surface area contributed by atoms with Gasteiger partial charge in [-0.25, -0.2) is 13.8 Å². The molecule has 0 radical (unpaired) electrons. The Kier molecular flexibility index (Phi) is 3.97. The zero-order valence-corrected chi connectivity index (χ0v) is 13.5. The standard InChI is InChI=1S/C12H14FN9O5/c13-5-3(2-23)27-10(7(5)24)22-8-6(9(25)16-11(14)15-8)21(12(22)26)1-4-17-19-20-18-4/h3,5,7,10,23-24H,1-2H2,(H3,14,15,16,25)(H,17,18,19,20)/t3-,5-,7-,10-/m1/s1. The maximum absolute atomic E-state index is 14.1. The molecule has 4 atom stereocenters. The van der Waals surface area contributed by atoms with E-state index >= 15 is 0 Å². The van der Waals surface area contributed by atoms with Crippen LogP contribution in [0.25, 0.3) is 11.2 Å². The summed E-state index contributed by atoms with van der Waals surface area (Å²) in [5, 5.41) is 32.3. The van der Waals surface area contributed by atoms with Crippen molar-refractivity contribution in [1.82, 2.24) is 39.7 Å². The molecule has 4 heterocycles. The van der Waals surface area contributed by atoms with Crippen LogP contribution in [0.5, 0.6) is 0 Å². The van der Waals surface area contributed by atoms with E-state index in [1.807, 2.05) is 0 Å². The normalized spacial score (nSPS) is 25.4. The van der Waals surface area contributed by atoms with Crippen molar-refractivity contribution < 1.29 is 19.3 Å². The number of imidazole rings is 1. The second-order valence-corrected chi connectivity index (χ2v) is 5.87. The number of aromatic nitrogens is 8. The topological polar surface area (TPSA) is 203 Å². The molecule has 0 bridgehead atoms. The van der Waals surface area contributed by atoms with E-state index in [2.05, 4.69) is 30.6 Å². The SMILES string of the molecule is Nc1nc2c(c(=O)[nH]1)n(Cc1nn[nH]n1)c(=O)n2[C@@H]1O[C@H](CO)[C@@H](F)[C@H]1O. The van der Waals surface area contributed by atoms with Crippen LogP contribution in [0.3, 0.4) is 0 Å². The fraction of sp³-hybridized carbons (Fsp3) is 0.500. The molecule has 144 valence electrons. The molecule has 1 aliphatic heterocycles. The Morgan fingerprint density at radius 1 is 1.37 bits per heavy atom. The summed E-state index contributed by atoms with van der Waals surface area (Å²) < 4.78 is 21.2. The lowest BCUT2D eigenvalue weighted by atomic mass is 10.1. The second kappa shape index (κ2) is 6.22. The van der Waals surface area contributed by atoms with Crippen LogP contribution >= 0.6 is 0 Å². The first-order chi connectivity index (χ1) is 12.9. The molecule has 3 aromatic heterocycles. The smallest absolute Gasteiger partial charge is 0.333 e. The van der Waals surface area contributed by atoms with Crippen molar-refractivity contribution >= 4 is 17.1 Å². The maximum atomic E-state index is 14.1. The van der Waals surface area contributed by atoms with Crippen molar-refractivity contribution in [2.75, 3.05) is 12.3 Å². The van der Waals surface area contributed by atoms with Gasteiger partial charge in [-0.1, -0.05) is 5.21 Å². The monoisotopic (exact) mass is 383 g/mol. The van der Waals surface area contributed by atoms with Crippen LogP contribution in [-0.2, 0) is 11.3 Å². The number of H-pyrrole nitrogens is 2. The summed E-state index contributed by atoms with van der Waals surface area (Å²) >= 11 is 0. The number of ether oxygens (including phenoxy) is 1. The molecule has 6 N–H and O–H groups in total. The van der Waals surface area contributed by atoms with Crippen molar-refractivity contribution in [3.8, 4) is 0 Å². The molecule has 1 fully saturated rings. The van der Waals surface area contributed by atoms with Gasteiger partial charge in [0.2, 0.25) is 5.95 Å². The van der Waals surface area contributed by atoms with Crippen molar-refractivity contribution in [1.29, 1.82) is 0 Å². The first kappa shape index (κ1) is 17.3. The van der Waals surface area contributed by atoms with Gasteiger partial charge in [-0.15, -0.1) is 10.2 Å². The fourth-order valence-corrected chi connectivity index (χ4v) is 3.04. The summed E-state index contributed by atoms with van der Waals surface area (Å²) in [5.74, 6) is -0.196. The van der Waals surface area contributed by atoms with E-state index in [0.717, 1.165) is 9.13 Å². The highest BCUT2D eigenvalue weighted by atomic mass is 19.1. The minimum atomic E-state index is -1.94. The Bertz CT molecular complexity index is 1090. The van der Waals surface area contributed by atoms with E-state index in [1.54, 1.807) is 0 Å². The molecule has 0 unspecified atom stereocenters. The van der Waals surface area contributed by atoms with Crippen molar-refractivity contribution in [2.24, 2.45) is 0 Å². The molecule has 1 aliphatic rings. The van der Waals surface area contributed by atoms with Gasteiger partial charge >= 0.3 is 5.69 Å². The summed E-state index contributed by atoms with van der Waals surface area (Å²) in [6.07, 6.45) is -6.58. The molecule has 0 amide bonds. The van der Waals surface area contributed by atoms with E-state index in [1.165, 1.54) is 0 Å². The van der Waals surface area contributed by atoms with Gasteiger partial charge in [0.25, 0.3) is 5.56 Å². The Hall–Kier alpha value is -3.17. The Labute approximate surface area is 147 Å². The molecule has 0 aromatic carbocycles. The molecule has 27 heavy (non-hydrogen) atoms. The lowest BCUT2D eigenvalue weighted by molar-refractivity contribution is -0.0513. The number of nitrogens with two attached hydrogens (primary N) is 1. The van der Waals surface area contributed by atoms with Gasteiger partial charge in [0, 0.05) is 0 Å². The molecule has 15 heteroatoms. The Balaban J connectivity index is 1.94. The minimum absolute atomic E-state index is 0.0943. The number of aliphatic hydroxyl groups is 2. The number of aliphatic hydroxyl groups excluding tert-OH is 2. The van der Waals surface area contributed by atoms with Crippen molar-refractivity contribution in [2.45, 2.75) is 31.2 Å². The summed E-state index contributed by atoms with van der Waals surface area (Å²) in [7, 11) is 0. The van der Waals surface area contributed by atoms with Gasteiger partial charge in [-0.05, 0) is 0 Å². The number of anilines is 1. The van der Waals surface area contributed by atoms with Gasteiger partial charge < -0.3 is 20.7 Å². The molecule has 14 nitrogen and oxygen atoms in total. The molecule has 0 aliphatic carbocycles. The minimum Gasteiger partial charge on any atom is -0.394 e. The van der Waals surface area contributed by atoms with Gasteiger partial charge in [-0.2, -0.15) is 10.2 Å². The van der Waals surface area contributed by atoms with Gasteiger partial charge in [0.1, 0.15) is 12.2 Å². The molecule has 3 aromatic rings. The van der Waals surface area contributed by atoms with Crippen molar-refractivity contribution in [3.05, 3.63) is 26.7 Å². The average molecular weight is 383 g/mol. The largest absolute Gasteiger partial charge is 0.394 e. The third kappa shape index (κ3) is 2.59. The third-order valence-electron chi connectivity index (χ3n) is 4.24. The Morgan fingerprint density at radius 3 is 2.78 bits per heavy atom. The number of tetrazole rings is 1. The summed E-state index contributed by atoms with van der Waals surface area (Å²) in [6, 6.07) is 0. The van der Waals surface area contributed by atoms with Crippen molar-refractivity contribution in [3.63, 3.8) is 0 Å². The first-order valence-corrected chi connectivity index (χ1v) is 7.73. The third-order valence-corrected chi connectivity index (χ3v) is 4.24. The highest BCUT2D eigenvalue weighted by molar-refractivity contribution is 5.72. The molecule has 0 spiro atoms. The number of hydrogen-bond donors (Lipinski definition) is 5. The predicted octanol–water partition coefficient (Wildman–Crippen LogP) is -3.38. The number of hydrogen-bond acceptors (Lipinski definition) is 10. The summed E-state index contributed by atoms with van der Waals surface area (Å²) in [4.78, 5) is 31.5. The molecule has 0 saturated carbocycles. The van der Waals surface area contributed by atoms with E-state index in [0.29, 0.717) is 0 Å². The number of aromatic amines is 2. The number of nitrogen functional groups attached to an aromatic ring is 1. The van der Waals surface area contributed by atoms with Crippen LogP contribution < -0.4 is 17.0 Å². The number of halogens is 1. The number of rotatable bonds is 4. The Morgan fingerprint density at radius 2 is 2.15 bits per heavy atom. The number of fused-ring (bicyclic) bond motifs is 1. The fourth-order valence-electron chi connectivity index (χ4n) is 3.04. The average Bonchev–Trinajstić information content (AvgIpc) is 3.30. The van der Waals surface area contributed by atoms with Crippen LogP contribution in [0.2, 0.25) is 0 Å². The summed E-state index contributed by atoms with van der Waals surface area (Å²) in [6.45, 7) is -0.958. The molecule has 1 saturated heterocycles. The highest BCUT2D eigenvalue weighted by Crippen LogP contribution is 2.32. The lowest BCUT2D eigenvalue weighted by Gasteiger charge is -2.15. The first-order valence-electron chi connectivity index (χ1n) is 7.73. The van der Waals surface area contributed by atoms with E-state index < -0.39 is 42.5 Å². The molecular weight excluding hydrogens is 369 g/mol.